The average molecular weight is 123 g/mol. The summed E-state index contributed by atoms with van der Waals surface area (Å²) in [5.74, 6) is 0. The van der Waals surface area contributed by atoms with Crippen molar-refractivity contribution >= 4 is 19.9 Å². The fraction of sp³-hybridized carbons (Fsp3) is 1.00. The molecule has 0 spiro atoms. The molecule has 0 amide bonds. The molecule has 0 fully saturated rings. The topological polar surface area (TPSA) is 0 Å². The standard InChI is InChI=1S/C4H11ClSi/c1-4(2,3)6-5/h6H2,1-3H3. The predicted octanol–water partition coefficient (Wildman–Crippen LogP) is 1.53. The van der Waals surface area contributed by atoms with Crippen molar-refractivity contribution in [1.82, 2.24) is 0 Å². The minimum absolute atomic E-state index is 0.275. The summed E-state index contributed by atoms with van der Waals surface area (Å²) in [7, 11) is -0.275. The second-order valence-electron chi connectivity index (χ2n) is 2.69. The first-order chi connectivity index (χ1) is 2.56. The second kappa shape index (κ2) is 1.98. The van der Waals surface area contributed by atoms with Gasteiger partial charge in [-0.25, -0.2) is 0 Å². The Balaban J connectivity index is 3.17. The molecule has 0 N–H and O–H groups in total. The van der Waals surface area contributed by atoms with E-state index in [0.29, 0.717) is 5.04 Å². The fourth-order valence-corrected chi connectivity index (χ4v) is 0. The molecular formula is C4H11ClSi. The molecule has 0 saturated heterocycles. The third-order valence-electron chi connectivity index (χ3n) is 0.401. The van der Waals surface area contributed by atoms with E-state index in [0.717, 1.165) is 0 Å². The molecule has 6 heavy (non-hydrogen) atoms. The maximum Gasteiger partial charge on any atom is 0.130 e. The molecule has 0 aliphatic carbocycles. The van der Waals surface area contributed by atoms with Crippen molar-refractivity contribution in [1.29, 1.82) is 0 Å². The van der Waals surface area contributed by atoms with Crippen molar-refractivity contribution in [2.45, 2.75) is 25.8 Å². The van der Waals surface area contributed by atoms with Gasteiger partial charge in [-0.15, -0.1) is 0 Å². The molecule has 0 atom stereocenters. The van der Waals surface area contributed by atoms with Gasteiger partial charge in [0.05, 0.1) is 0 Å². The van der Waals surface area contributed by atoms with Crippen LogP contribution >= 0.6 is 11.1 Å². The Kier molecular flexibility index (Phi) is 2.15. The van der Waals surface area contributed by atoms with Gasteiger partial charge < -0.3 is 0 Å². The lowest BCUT2D eigenvalue weighted by atomic mass is 10.3. The van der Waals surface area contributed by atoms with Crippen molar-refractivity contribution in [3.05, 3.63) is 0 Å². The third kappa shape index (κ3) is 4.51. The van der Waals surface area contributed by atoms with Crippen molar-refractivity contribution < 1.29 is 0 Å². The zero-order valence-electron chi connectivity index (χ0n) is 4.59. The van der Waals surface area contributed by atoms with Crippen LogP contribution in [0.25, 0.3) is 0 Å². The van der Waals surface area contributed by atoms with Crippen molar-refractivity contribution in [3.8, 4) is 0 Å². The molecule has 0 unspecified atom stereocenters. The summed E-state index contributed by atoms with van der Waals surface area (Å²) in [6.07, 6.45) is 0. The third-order valence-corrected chi connectivity index (χ3v) is 3.61. The van der Waals surface area contributed by atoms with Crippen LogP contribution in [0.5, 0.6) is 0 Å². The molecule has 0 radical (unpaired) electrons. The summed E-state index contributed by atoms with van der Waals surface area (Å²) in [6.45, 7) is 6.52. The van der Waals surface area contributed by atoms with Crippen LogP contribution in [-0.2, 0) is 0 Å². The molecule has 2 heteroatoms. The van der Waals surface area contributed by atoms with Gasteiger partial charge in [0, 0.05) is 0 Å². The molecule has 0 aromatic heterocycles. The van der Waals surface area contributed by atoms with E-state index in [9.17, 15) is 0 Å². The second-order valence-corrected chi connectivity index (χ2v) is 5.88. The SMILES string of the molecule is CC(C)(C)[SiH2]Cl. The molecule has 0 rings (SSSR count). The minimum Gasteiger partial charge on any atom is -0.176 e. The molecule has 0 heterocycles. The van der Waals surface area contributed by atoms with Crippen molar-refractivity contribution in [2.24, 2.45) is 0 Å². The Morgan fingerprint density at radius 3 is 1.50 bits per heavy atom. The molecule has 0 bridgehead atoms. The maximum absolute atomic E-state index is 5.62. The summed E-state index contributed by atoms with van der Waals surface area (Å²) < 4.78 is 0. The molecule has 0 saturated carbocycles. The molecule has 0 aromatic carbocycles. The number of halogens is 1. The average Bonchev–Trinajstić information content (AvgIpc) is 1.35. The van der Waals surface area contributed by atoms with Gasteiger partial charge in [0.2, 0.25) is 0 Å². The van der Waals surface area contributed by atoms with Crippen LogP contribution in [0.1, 0.15) is 20.8 Å². The zero-order valence-corrected chi connectivity index (χ0v) is 6.76. The number of hydrogen-bond acceptors (Lipinski definition) is 0. The summed E-state index contributed by atoms with van der Waals surface area (Å²) in [4.78, 5) is 0. The molecular weight excluding hydrogens is 112 g/mol. The Labute approximate surface area is 46.4 Å². The highest BCUT2D eigenvalue weighted by atomic mass is 35.6. The smallest absolute Gasteiger partial charge is 0.130 e. The van der Waals surface area contributed by atoms with Gasteiger partial charge in [-0.1, -0.05) is 20.8 Å². The lowest BCUT2D eigenvalue weighted by Gasteiger charge is -2.09. The minimum atomic E-state index is -0.275. The quantitative estimate of drug-likeness (QED) is 0.338. The van der Waals surface area contributed by atoms with Gasteiger partial charge in [-0.05, 0) is 5.04 Å². The van der Waals surface area contributed by atoms with E-state index in [2.05, 4.69) is 20.8 Å². The van der Waals surface area contributed by atoms with Crippen LogP contribution in [0.3, 0.4) is 0 Å². The maximum atomic E-state index is 5.62. The molecule has 0 aromatic rings. The van der Waals surface area contributed by atoms with Gasteiger partial charge in [0.15, 0.2) is 0 Å². The Morgan fingerprint density at radius 1 is 1.33 bits per heavy atom. The summed E-state index contributed by atoms with van der Waals surface area (Å²) >= 11 is 5.62. The predicted molar refractivity (Wildman–Crippen MR) is 34.1 cm³/mol. The van der Waals surface area contributed by atoms with Crippen LogP contribution < -0.4 is 0 Å². The first-order valence-corrected chi connectivity index (χ1v) is 4.97. The highest BCUT2D eigenvalue weighted by Gasteiger charge is 2.06. The lowest BCUT2D eigenvalue weighted by Crippen LogP contribution is -1.99. The summed E-state index contributed by atoms with van der Waals surface area (Å²) in [5.41, 5.74) is 0. The molecule has 38 valence electrons. The van der Waals surface area contributed by atoms with Crippen LogP contribution in [0.2, 0.25) is 5.04 Å². The van der Waals surface area contributed by atoms with E-state index in [1.165, 1.54) is 0 Å². The van der Waals surface area contributed by atoms with Gasteiger partial charge >= 0.3 is 0 Å². The number of rotatable bonds is 0. The summed E-state index contributed by atoms with van der Waals surface area (Å²) in [6, 6.07) is 0. The van der Waals surface area contributed by atoms with Crippen LogP contribution in [-0.4, -0.2) is 8.83 Å². The first kappa shape index (κ1) is 6.51. The Bertz CT molecular complexity index is 37.3. The van der Waals surface area contributed by atoms with Crippen LogP contribution in [0.15, 0.2) is 0 Å². The zero-order chi connectivity index (χ0) is 5.21. The lowest BCUT2D eigenvalue weighted by molar-refractivity contribution is 0.763. The monoisotopic (exact) mass is 122 g/mol. The van der Waals surface area contributed by atoms with Gasteiger partial charge in [-0.3, -0.25) is 0 Å². The van der Waals surface area contributed by atoms with Crippen LogP contribution in [0.4, 0.5) is 0 Å². The molecule has 0 aliphatic rings. The van der Waals surface area contributed by atoms with E-state index in [1.54, 1.807) is 0 Å². The highest BCUT2D eigenvalue weighted by molar-refractivity contribution is 6.95. The molecule has 0 nitrogen and oxygen atoms in total. The Morgan fingerprint density at radius 2 is 1.50 bits per heavy atom. The van der Waals surface area contributed by atoms with Gasteiger partial charge in [0.1, 0.15) is 8.83 Å². The van der Waals surface area contributed by atoms with Crippen molar-refractivity contribution in [3.63, 3.8) is 0 Å². The largest absolute Gasteiger partial charge is 0.176 e. The van der Waals surface area contributed by atoms with Gasteiger partial charge in [0.25, 0.3) is 0 Å². The van der Waals surface area contributed by atoms with E-state index >= 15 is 0 Å². The number of hydrogen-bond donors (Lipinski definition) is 0. The summed E-state index contributed by atoms with van der Waals surface area (Å²) in [5, 5.41) is 0.446. The first-order valence-electron chi connectivity index (χ1n) is 2.12. The van der Waals surface area contributed by atoms with Crippen molar-refractivity contribution in [2.75, 3.05) is 0 Å². The highest BCUT2D eigenvalue weighted by Crippen LogP contribution is 2.20. The van der Waals surface area contributed by atoms with E-state index in [-0.39, 0.29) is 8.83 Å². The van der Waals surface area contributed by atoms with Crippen LogP contribution in [0, 0.1) is 0 Å². The molecule has 0 aliphatic heterocycles. The van der Waals surface area contributed by atoms with E-state index < -0.39 is 0 Å². The van der Waals surface area contributed by atoms with E-state index in [1.807, 2.05) is 0 Å². The van der Waals surface area contributed by atoms with E-state index in [4.69, 9.17) is 11.1 Å². The normalized spacial score (nSPS) is 14.0. The fourth-order valence-electron chi connectivity index (χ4n) is 0. The van der Waals surface area contributed by atoms with Gasteiger partial charge in [-0.2, -0.15) is 11.1 Å². The Hall–Kier alpha value is 0.507.